The van der Waals surface area contributed by atoms with E-state index in [1.807, 2.05) is 0 Å². The topological polar surface area (TPSA) is 405 Å². The summed E-state index contributed by atoms with van der Waals surface area (Å²) in [6.07, 6.45) is 0. The van der Waals surface area contributed by atoms with Crippen LogP contribution in [0.1, 0.15) is 6.92 Å². The van der Waals surface area contributed by atoms with Crippen LogP contribution < -0.4 is 20.7 Å². The molecule has 6 rings (SSSR count). The Morgan fingerprint density at radius 1 is 0.508 bits per heavy atom. The Hall–Kier alpha value is -6.68. The Balaban J connectivity index is 1.30. The Labute approximate surface area is 368 Å². The molecule has 5 aromatic carbocycles. The predicted octanol–water partition coefficient (Wildman–Crippen LogP) is 5.98. The molecule has 0 saturated carbocycles. The maximum atomic E-state index is 12.5. The Kier molecular flexibility index (Phi) is 13.3. The zero-order chi connectivity index (χ0) is 47.7. The van der Waals surface area contributed by atoms with Gasteiger partial charge in [-0.25, -0.2) is 0 Å². The summed E-state index contributed by atoms with van der Waals surface area (Å²) >= 11 is 0. The lowest BCUT2D eigenvalue weighted by atomic mass is 10.1. The first kappa shape index (κ1) is 47.8. The molecule has 1 atom stereocenters. The van der Waals surface area contributed by atoms with Crippen molar-refractivity contribution in [3.63, 3.8) is 0 Å². The number of benzene rings is 5. The summed E-state index contributed by atoms with van der Waals surface area (Å²) in [4.78, 5) is 9.61. The van der Waals surface area contributed by atoms with Gasteiger partial charge in [0.25, 0.3) is 50.6 Å². The van der Waals surface area contributed by atoms with E-state index in [0.29, 0.717) is 6.07 Å². The number of ether oxygens (including phenoxy) is 1. The van der Waals surface area contributed by atoms with Gasteiger partial charge < -0.3 is 20.7 Å². The van der Waals surface area contributed by atoms with Crippen molar-refractivity contribution in [2.24, 2.45) is 20.5 Å². The molecule has 26 nitrogen and oxygen atoms in total. The zero-order valence-electron chi connectivity index (χ0n) is 32.6. The number of fused-ring (bicyclic) bond motifs is 1. The second kappa shape index (κ2) is 18.1. The fourth-order valence-electron chi connectivity index (χ4n) is 5.41. The van der Waals surface area contributed by atoms with E-state index in [4.69, 9.17) is 9.29 Å². The van der Waals surface area contributed by atoms with E-state index in [1.165, 1.54) is 61.7 Å². The normalized spacial score (nSPS) is 13.3. The summed E-state index contributed by atoms with van der Waals surface area (Å²) in [7, 11) is -22.8. The van der Waals surface area contributed by atoms with Crippen LogP contribution >= 0.6 is 0 Å². The summed E-state index contributed by atoms with van der Waals surface area (Å²) < 4.78 is 172. The van der Waals surface area contributed by atoms with Crippen molar-refractivity contribution in [2.75, 3.05) is 23.1 Å². The van der Waals surface area contributed by atoms with E-state index in [0.717, 1.165) is 37.3 Å². The van der Waals surface area contributed by atoms with Gasteiger partial charge in [0.1, 0.15) is 15.5 Å². The minimum absolute atomic E-state index is 0.0226. The van der Waals surface area contributed by atoms with E-state index in [2.05, 4.69) is 51.4 Å². The quantitative estimate of drug-likeness (QED) is 0.0408. The highest BCUT2D eigenvalue weighted by Gasteiger charge is 2.23. The van der Waals surface area contributed by atoms with Crippen molar-refractivity contribution in [3.8, 4) is 5.75 Å². The second-order valence-electron chi connectivity index (χ2n) is 13.0. The van der Waals surface area contributed by atoms with Crippen LogP contribution in [0.2, 0.25) is 0 Å². The van der Waals surface area contributed by atoms with Crippen LogP contribution in [-0.4, -0.2) is 92.3 Å². The van der Waals surface area contributed by atoms with Gasteiger partial charge in [-0.05, 0) is 91.2 Å². The molecule has 0 fully saturated rings. The van der Waals surface area contributed by atoms with Gasteiger partial charge in [0, 0.05) is 11.5 Å². The van der Waals surface area contributed by atoms with Gasteiger partial charge >= 0.3 is 0 Å². The maximum absolute atomic E-state index is 12.5. The third-order valence-electron chi connectivity index (χ3n) is 8.48. The summed E-state index contributed by atoms with van der Waals surface area (Å²) in [5.74, 6) is -1.17. The highest BCUT2D eigenvalue weighted by Crippen LogP contribution is 2.35. The number of nitrogens with zero attached hydrogens (tertiary/aromatic N) is 7. The number of aromatic nitrogens is 3. The third kappa shape index (κ3) is 12.1. The van der Waals surface area contributed by atoms with E-state index < -0.39 is 87.4 Å². The number of anilines is 5. The van der Waals surface area contributed by atoms with Crippen LogP contribution in [0, 0.1) is 0 Å². The van der Waals surface area contributed by atoms with Crippen molar-refractivity contribution < 1.29 is 69.6 Å². The molecule has 0 saturated heterocycles. The van der Waals surface area contributed by atoms with Crippen molar-refractivity contribution in [1.82, 2.24) is 15.0 Å². The third-order valence-corrected chi connectivity index (χ3v) is 13.0. The molecule has 0 aliphatic rings. The summed E-state index contributed by atoms with van der Waals surface area (Å²) in [5, 5.41) is 21.9. The molecule has 342 valence electrons. The van der Waals surface area contributed by atoms with Crippen LogP contribution in [0.3, 0.4) is 0 Å². The van der Waals surface area contributed by atoms with E-state index in [9.17, 15) is 60.3 Å². The summed E-state index contributed by atoms with van der Waals surface area (Å²) in [6.45, 7) is 1.06. The molecule has 0 radical (unpaired) electrons. The van der Waals surface area contributed by atoms with Gasteiger partial charge in [0.15, 0.2) is 5.37 Å². The number of methoxy groups -OCH3 is 1. The van der Waals surface area contributed by atoms with Gasteiger partial charge in [-0.2, -0.15) is 77.5 Å². The first-order valence-electron chi connectivity index (χ1n) is 17.4. The number of hydrogen-bond donors (Lipinski definition) is 8. The smallest absolute Gasteiger partial charge is 0.296 e. The molecule has 31 heteroatoms. The molecule has 1 unspecified atom stereocenters. The lowest BCUT2D eigenvalue weighted by Gasteiger charge is -2.15. The van der Waals surface area contributed by atoms with Crippen molar-refractivity contribution in [1.29, 1.82) is 0 Å². The molecule has 0 aliphatic heterocycles. The number of rotatable bonds is 16. The van der Waals surface area contributed by atoms with Gasteiger partial charge in [-0.1, -0.05) is 6.07 Å². The highest BCUT2D eigenvalue weighted by atomic mass is 32.2. The van der Waals surface area contributed by atoms with Crippen LogP contribution in [-0.2, 0) is 50.6 Å². The molecular weight excluding hydrogens is 965 g/mol. The van der Waals surface area contributed by atoms with Crippen LogP contribution in [0.15, 0.2) is 131 Å². The van der Waals surface area contributed by atoms with Gasteiger partial charge in [-0.3, -0.25) is 22.8 Å². The summed E-state index contributed by atoms with van der Waals surface area (Å²) in [5.41, 5.74) is 0.0237. The minimum atomic E-state index is -5.02. The maximum Gasteiger partial charge on any atom is 0.296 e. The largest absolute Gasteiger partial charge is 0.494 e. The Bertz CT molecular complexity index is 3510. The van der Waals surface area contributed by atoms with Crippen LogP contribution in [0.25, 0.3) is 10.8 Å². The molecule has 0 spiro atoms. The fourth-order valence-corrected chi connectivity index (χ4v) is 8.16. The lowest BCUT2D eigenvalue weighted by molar-refractivity contribution is 0.417. The average molecular weight is 995 g/mol. The number of hydrogen-bond acceptors (Lipinski definition) is 21. The molecule has 0 aliphatic carbocycles. The zero-order valence-corrected chi connectivity index (χ0v) is 36.7. The first-order chi connectivity index (χ1) is 30.2. The Morgan fingerprint density at radius 2 is 0.985 bits per heavy atom. The molecule has 8 N–H and O–H groups in total. The van der Waals surface area contributed by atoms with Crippen molar-refractivity contribution in [2.45, 2.75) is 31.9 Å². The highest BCUT2D eigenvalue weighted by molar-refractivity contribution is 7.87. The molecular formula is C34H30N10O16S5. The molecule has 0 amide bonds. The Morgan fingerprint density at radius 3 is 1.52 bits per heavy atom. The van der Waals surface area contributed by atoms with Crippen molar-refractivity contribution in [3.05, 3.63) is 91.0 Å². The molecule has 6 aromatic rings. The SMILES string of the molecule is COc1cc(N=Nc2ccc3cc(S(=O)(=O)O)cc(S(=O)(=O)O)c3c2)ccc1Nc1nc(Nc2ccc(N=Nc3ccc(S(=O)(=O)O)cc3)cc2S(=O)(=O)O)nc(NC(C)S(=O)(=O)O)n1. The van der Waals surface area contributed by atoms with Gasteiger partial charge in [0.05, 0.1) is 51.0 Å². The standard InChI is InChI=1S/C34H30N10O16S5/c1-18(61(45,46)47)35-32-38-33(40-34(39-32)37-28-12-8-23(16-31(28)65(57,58)59)44-41-20-5-9-24(10-6-20)62(48,49)50)36-27-11-7-22(15-29(27)60-2)43-42-21-4-3-19-13-25(63(51,52)53)17-30(26(19)14-21)64(54,55)56/h3-18H,1-2H3,(H,45,46,47)(H,48,49,50)(H,51,52,53)(H,54,55,56)(H,57,58,59)(H3,35,36,37,38,39,40). The van der Waals surface area contributed by atoms with E-state index >= 15 is 0 Å². The molecule has 1 aromatic heterocycles. The molecule has 1 heterocycles. The predicted molar refractivity (Wildman–Crippen MR) is 228 cm³/mol. The second-order valence-corrected chi connectivity index (χ2v) is 20.4. The lowest BCUT2D eigenvalue weighted by Crippen LogP contribution is -2.27. The van der Waals surface area contributed by atoms with Crippen LogP contribution in [0.4, 0.5) is 52.0 Å². The van der Waals surface area contributed by atoms with Gasteiger partial charge in [-0.15, -0.1) is 0 Å². The molecule has 0 bridgehead atoms. The molecule has 65 heavy (non-hydrogen) atoms. The summed E-state index contributed by atoms with van der Waals surface area (Å²) in [6, 6.07) is 17.4. The van der Waals surface area contributed by atoms with Crippen LogP contribution in [0.5, 0.6) is 5.75 Å². The average Bonchev–Trinajstić information content (AvgIpc) is 3.20. The first-order valence-corrected chi connectivity index (χ1v) is 24.7. The fraction of sp³-hybridized carbons (Fsp3) is 0.0882. The van der Waals surface area contributed by atoms with Crippen molar-refractivity contribution >= 4 is 113 Å². The monoisotopic (exact) mass is 994 g/mol. The van der Waals surface area contributed by atoms with Gasteiger partial charge in [0.2, 0.25) is 17.8 Å². The van der Waals surface area contributed by atoms with E-state index in [-0.39, 0.29) is 56.6 Å². The minimum Gasteiger partial charge on any atom is -0.494 e. The van der Waals surface area contributed by atoms with E-state index in [1.54, 1.807) is 0 Å². The number of azo groups is 2. The number of nitrogens with one attached hydrogen (secondary N) is 3.